The molecule has 1 atom stereocenters. The fourth-order valence-electron chi connectivity index (χ4n) is 1.42. The summed E-state index contributed by atoms with van der Waals surface area (Å²) in [6.45, 7) is 1.61. The maximum Gasteiger partial charge on any atom is 0.306 e. The number of carbonyl (C=O) groups is 2. The van der Waals surface area contributed by atoms with E-state index < -0.39 is 11.9 Å². The van der Waals surface area contributed by atoms with Gasteiger partial charge in [0, 0.05) is 5.56 Å². The average Bonchev–Trinajstić information content (AvgIpc) is 2.28. The van der Waals surface area contributed by atoms with Crippen molar-refractivity contribution in [2.45, 2.75) is 13.3 Å². The lowest BCUT2D eigenvalue weighted by Gasteiger charge is -2.10. The van der Waals surface area contributed by atoms with E-state index in [1.165, 1.54) is 7.11 Å². The molecule has 0 amide bonds. The zero-order valence-electron chi connectivity index (χ0n) is 9.27. The molecule has 4 heteroatoms. The Kier molecular flexibility index (Phi) is 4.05. The molecule has 0 aliphatic heterocycles. The van der Waals surface area contributed by atoms with Gasteiger partial charge in [-0.25, -0.2) is 0 Å². The first-order valence-electron chi connectivity index (χ1n) is 4.93. The number of ether oxygens (including phenoxy) is 1. The Morgan fingerprint density at radius 2 is 2.25 bits per heavy atom. The highest BCUT2D eigenvalue weighted by Crippen LogP contribution is 2.19. The van der Waals surface area contributed by atoms with Gasteiger partial charge in [-0.3, -0.25) is 9.59 Å². The summed E-state index contributed by atoms with van der Waals surface area (Å²) in [7, 11) is 1.53. The second-order valence-corrected chi connectivity index (χ2v) is 3.63. The van der Waals surface area contributed by atoms with E-state index in [0.29, 0.717) is 23.3 Å². The minimum absolute atomic E-state index is 0.320. The number of benzene rings is 1. The van der Waals surface area contributed by atoms with Gasteiger partial charge in [-0.05, 0) is 30.2 Å². The molecule has 0 aliphatic carbocycles. The highest BCUT2D eigenvalue weighted by Gasteiger charge is 2.14. The van der Waals surface area contributed by atoms with Gasteiger partial charge < -0.3 is 9.84 Å². The van der Waals surface area contributed by atoms with E-state index in [1.54, 1.807) is 25.1 Å². The Labute approximate surface area is 93.9 Å². The van der Waals surface area contributed by atoms with Crippen molar-refractivity contribution in [3.05, 3.63) is 29.3 Å². The van der Waals surface area contributed by atoms with Gasteiger partial charge in [0.15, 0.2) is 0 Å². The summed E-state index contributed by atoms with van der Waals surface area (Å²) in [6, 6.07) is 5.01. The van der Waals surface area contributed by atoms with Gasteiger partial charge >= 0.3 is 5.97 Å². The van der Waals surface area contributed by atoms with Crippen molar-refractivity contribution in [1.29, 1.82) is 0 Å². The van der Waals surface area contributed by atoms with Crippen molar-refractivity contribution in [2.75, 3.05) is 7.11 Å². The molecule has 1 aromatic rings. The number of hydrogen-bond acceptors (Lipinski definition) is 3. The summed E-state index contributed by atoms with van der Waals surface area (Å²) in [5.41, 5.74) is 1.21. The number of rotatable bonds is 5. The van der Waals surface area contributed by atoms with Crippen LogP contribution in [-0.4, -0.2) is 24.5 Å². The molecule has 1 N–H and O–H groups in total. The Balaban J connectivity index is 2.99. The number of aliphatic carboxylic acids is 1. The lowest BCUT2D eigenvalue weighted by atomic mass is 9.97. The first-order chi connectivity index (χ1) is 7.58. The van der Waals surface area contributed by atoms with Crippen LogP contribution in [0.15, 0.2) is 18.2 Å². The largest absolute Gasteiger partial charge is 0.497 e. The highest BCUT2D eigenvalue weighted by atomic mass is 16.5. The number of carboxylic acid groups (broad SMARTS) is 1. The first-order valence-corrected chi connectivity index (χ1v) is 4.93. The van der Waals surface area contributed by atoms with E-state index in [1.807, 2.05) is 0 Å². The first kappa shape index (κ1) is 12.2. The van der Waals surface area contributed by atoms with E-state index >= 15 is 0 Å². The topological polar surface area (TPSA) is 63.6 Å². The fourth-order valence-corrected chi connectivity index (χ4v) is 1.42. The summed E-state index contributed by atoms with van der Waals surface area (Å²) in [4.78, 5) is 21.5. The molecule has 0 heterocycles. The maximum atomic E-state index is 10.8. The normalized spacial score (nSPS) is 11.9. The van der Waals surface area contributed by atoms with Gasteiger partial charge in [0.2, 0.25) is 0 Å². The molecule has 0 spiro atoms. The molecule has 4 nitrogen and oxygen atoms in total. The van der Waals surface area contributed by atoms with Crippen molar-refractivity contribution in [2.24, 2.45) is 5.92 Å². The summed E-state index contributed by atoms with van der Waals surface area (Å²) in [6.07, 6.45) is 1.05. The summed E-state index contributed by atoms with van der Waals surface area (Å²) in [5.74, 6) is -0.774. The third-order valence-corrected chi connectivity index (χ3v) is 2.42. The molecular formula is C12H14O4. The Morgan fingerprint density at radius 3 is 2.75 bits per heavy atom. The van der Waals surface area contributed by atoms with Crippen LogP contribution in [0.3, 0.4) is 0 Å². The smallest absolute Gasteiger partial charge is 0.306 e. The van der Waals surface area contributed by atoms with Crippen molar-refractivity contribution in [3.63, 3.8) is 0 Å². The van der Waals surface area contributed by atoms with Crippen molar-refractivity contribution in [3.8, 4) is 5.75 Å². The number of methoxy groups -OCH3 is 1. The van der Waals surface area contributed by atoms with Crippen LogP contribution in [0.4, 0.5) is 0 Å². The second-order valence-electron chi connectivity index (χ2n) is 3.63. The van der Waals surface area contributed by atoms with Gasteiger partial charge in [0.1, 0.15) is 12.0 Å². The predicted molar refractivity (Wildman–Crippen MR) is 58.9 cm³/mol. The van der Waals surface area contributed by atoms with Gasteiger partial charge in [0.05, 0.1) is 13.0 Å². The molecule has 0 saturated carbocycles. The van der Waals surface area contributed by atoms with Gasteiger partial charge in [0.25, 0.3) is 0 Å². The summed E-state index contributed by atoms with van der Waals surface area (Å²) < 4.78 is 5.03. The molecule has 0 aromatic heterocycles. The molecular weight excluding hydrogens is 208 g/mol. The molecule has 1 aromatic carbocycles. The van der Waals surface area contributed by atoms with Gasteiger partial charge in [-0.2, -0.15) is 0 Å². The molecule has 16 heavy (non-hydrogen) atoms. The maximum absolute atomic E-state index is 10.8. The van der Waals surface area contributed by atoms with E-state index in [-0.39, 0.29) is 0 Å². The third-order valence-electron chi connectivity index (χ3n) is 2.42. The molecule has 86 valence electrons. The molecule has 0 radical (unpaired) electrons. The van der Waals surface area contributed by atoms with Crippen LogP contribution in [0, 0.1) is 5.92 Å². The molecule has 0 bridgehead atoms. The van der Waals surface area contributed by atoms with E-state index in [9.17, 15) is 9.59 Å². The highest BCUT2D eigenvalue weighted by molar-refractivity contribution is 5.78. The van der Waals surface area contributed by atoms with Crippen molar-refractivity contribution < 1.29 is 19.4 Å². The quantitative estimate of drug-likeness (QED) is 0.771. The van der Waals surface area contributed by atoms with Crippen molar-refractivity contribution in [1.82, 2.24) is 0 Å². The lowest BCUT2D eigenvalue weighted by molar-refractivity contribution is -0.141. The van der Waals surface area contributed by atoms with Crippen LogP contribution >= 0.6 is 0 Å². The number of hydrogen-bond donors (Lipinski definition) is 1. The molecule has 0 aliphatic rings. The number of carboxylic acids is 1. The fraction of sp³-hybridized carbons (Fsp3) is 0.333. The van der Waals surface area contributed by atoms with Crippen LogP contribution in [0.2, 0.25) is 0 Å². The van der Waals surface area contributed by atoms with Gasteiger partial charge in [-0.1, -0.05) is 6.92 Å². The summed E-state index contributed by atoms with van der Waals surface area (Å²) in [5, 5.41) is 8.81. The van der Waals surface area contributed by atoms with E-state index in [2.05, 4.69) is 0 Å². The van der Waals surface area contributed by atoms with E-state index in [4.69, 9.17) is 9.84 Å². The van der Waals surface area contributed by atoms with Gasteiger partial charge in [-0.15, -0.1) is 0 Å². The van der Waals surface area contributed by atoms with Crippen LogP contribution < -0.4 is 4.74 Å². The zero-order chi connectivity index (χ0) is 12.1. The zero-order valence-corrected chi connectivity index (χ0v) is 9.27. The second kappa shape index (κ2) is 5.30. The molecule has 1 unspecified atom stereocenters. The number of carbonyl (C=O) groups excluding carboxylic acids is 1. The predicted octanol–water partition coefficient (Wildman–Crippen LogP) is 1.77. The van der Waals surface area contributed by atoms with Crippen LogP contribution in [0.1, 0.15) is 22.8 Å². The third kappa shape index (κ3) is 2.82. The van der Waals surface area contributed by atoms with Crippen LogP contribution in [-0.2, 0) is 11.2 Å². The Bertz CT molecular complexity index is 398. The van der Waals surface area contributed by atoms with Crippen molar-refractivity contribution >= 4 is 12.3 Å². The Morgan fingerprint density at radius 1 is 1.56 bits per heavy atom. The standard InChI is InChI=1S/C12H14O4/c1-8(12(14)15)5-10-6-11(16-2)4-3-9(10)7-13/h3-4,6-8H,5H2,1-2H3,(H,14,15). The monoisotopic (exact) mass is 222 g/mol. The minimum atomic E-state index is -0.875. The minimum Gasteiger partial charge on any atom is -0.497 e. The average molecular weight is 222 g/mol. The molecule has 0 saturated heterocycles. The van der Waals surface area contributed by atoms with Crippen LogP contribution in [0.25, 0.3) is 0 Å². The Hall–Kier alpha value is -1.84. The number of aldehydes is 1. The lowest BCUT2D eigenvalue weighted by Crippen LogP contribution is -2.13. The molecule has 0 fully saturated rings. The SMILES string of the molecule is COc1ccc(C=O)c(CC(C)C(=O)O)c1. The van der Waals surface area contributed by atoms with E-state index in [0.717, 1.165) is 6.29 Å². The van der Waals surface area contributed by atoms with Crippen LogP contribution in [0.5, 0.6) is 5.75 Å². The summed E-state index contributed by atoms with van der Waals surface area (Å²) >= 11 is 0. The molecule has 1 rings (SSSR count).